The average molecular weight is 274 g/mol. The van der Waals surface area contributed by atoms with Crippen molar-refractivity contribution < 1.29 is 4.79 Å². The van der Waals surface area contributed by atoms with Crippen molar-refractivity contribution in [3.63, 3.8) is 0 Å². The summed E-state index contributed by atoms with van der Waals surface area (Å²) in [4.78, 5) is 13.7. The van der Waals surface area contributed by atoms with Gasteiger partial charge in [-0.1, -0.05) is 37.8 Å². The van der Waals surface area contributed by atoms with E-state index in [-0.39, 0.29) is 12.1 Å². The monoisotopic (exact) mass is 274 g/mol. The Morgan fingerprint density at radius 2 is 2.15 bits per heavy atom. The number of hydrogen-bond donors (Lipinski definition) is 1. The maximum absolute atomic E-state index is 11.8. The van der Waals surface area contributed by atoms with E-state index < -0.39 is 0 Å². The molecule has 0 radical (unpaired) electrons. The van der Waals surface area contributed by atoms with Gasteiger partial charge in [-0.15, -0.1) is 5.10 Å². The van der Waals surface area contributed by atoms with E-state index in [0.29, 0.717) is 5.84 Å². The zero-order valence-electron chi connectivity index (χ0n) is 12.3. The Hall–Kier alpha value is -2.30. The predicted octanol–water partition coefficient (Wildman–Crippen LogP) is 1.97. The van der Waals surface area contributed by atoms with Crippen molar-refractivity contribution in [1.82, 2.24) is 9.91 Å². The number of amidine groups is 1. The summed E-state index contributed by atoms with van der Waals surface area (Å²) in [6.45, 7) is 7.95. The first-order valence-corrected chi connectivity index (χ1v) is 6.58. The molecule has 1 atom stereocenters. The lowest BCUT2D eigenvalue weighted by molar-refractivity contribution is -0.128. The highest BCUT2D eigenvalue weighted by Gasteiger charge is 2.31. The normalized spacial score (nSPS) is 19.6. The highest BCUT2D eigenvalue weighted by Crippen LogP contribution is 2.19. The van der Waals surface area contributed by atoms with Crippen LogP contribution in [0.15, 0.2) is 53.8 Å². The van der Waals surface area contributed by atoms with E-state index in [1.807, 2.05) is 37.1 Å². The van der Waals surface area contributed by atoms with E-state index in [1.54, 1.807) is 0 Å². The van der Waals surface area contributed by atoms with Crippen LogP contribution in [0, 0.1) is 0 Å². The molecule has 1 rings (SSSR count). The fraction of sp³-hybridized carbons (Fsp3) is 0.333. The second kappa shape index (κ2) is 7.33. The number of carbonyl (C=O) groups excluding carboxylic acids is 1. The average Bonchev–Trinajstić information content (AvgIpc) is 2.72. The minimum absolute atomic E-state index is 0.162. The fourth-order valence-corrected chi connectivity index (χ4v) is 1.74. The van der Waals surface area contributed by atoms with Crippen molar-refractivity contribution in [2.75, 3.05) is 7.05 Å². The third-order valence-electron chi connectivity index (χ3n) is 2.98. The van der Waals surface area contributed by atoms with Crippen molar-refractivity contribution >= 4 is 11.7 Å². The first-order chi connectivity index (χ1) is 9.52. The van der Waals surface area contributed by atoms with Gasteiger partial charge in [-0.3, -0.25) is 4.79 Å². The molecule has 0 bridgehead atoms. The molecular weight excluding hydrogens is 252 g/mol. The Kier molecular flexibility index (Phi) is 5.77. The van der Waals surface area contributed by atoms with Crippen LogP contribution in [-0.4, -0.2) is 34.9 Å². The molecule has 0 saturated carbocycles. The van der Waals surface area contributed by atoms with Gasteiger partial charge in [-0.25, -0.2) is 5.01 Å². The topological polar surface area (TPSA) is 61.9 Å². The molecule has 0 aromatic rings. The highest BCUT2D eigenvalue weighted by atomic mass is 16.2. The summed E-state index contributed by atoms with van der Waals surface area (Å²) in [5.41, 5.74) is 6.00. The van der Waals surface area contributed by atoms with E-state index in [4.69, 9.17) is 5.73 Å². The molecule has 0 aliphatic carbocycles. The Labute approximate surface area is 120 Å². The molecule has 1 amide bonds. The molecule has 1 unspecified atom stereocenters. The second-order valence-corrected chi connectivity index (χ2v) is 4.43. The van der Waals surface area contributed by atoms with Crippen LogP contribution < -0.4 is 5.73 Å². The molecule has 0 aromatic heterocycles. The largest absolute Gasteiger partial charge is 0.404 e. The van der Waals surface area contributed by atoms with Gasteiger partial charge in [0.25, 0.3) is 5.91 Å². The number of rotatable bonds is 5. The number of allylic oxidation sites excluding steroid dienone is 3. The van der Waals surface area contributed by atoms with Gasteiger partial charge in [0.1, 0.15) is 6.17 Å². The number of nitrogens with zero attached hydrogens (tertiary/aromatic N) is 3. The van der Waals surface area contributed by atoms with E-state index in [0.717, 1.165) is 12.0 Å². The molecular formula is C15H22N4O. The van der Waals surface area contributed by atoms with E-state index in [9.17, 15) is 4.79 Å². The van der Waals surface area contributed by atoms with Crippen LogP contribution in [0.1, 0.15) is 20.3 Å². The Balaban J connectivity index is 2.86. The molecule has 0 aromatic carbocycles. The predicted molar refractivity (Wildman–Crippen MR) is 82.5 cm³/mol. The van der Waals surface area contributed by atoms with Crippen LogP contribution in [0.25, 0.3) is 0 Å². The minimum Gasteiger partial charge on any atom is -0.404 e. The van der Waals surface area contributed by atoms with Gasteiger partial charge in [0.2, 0.25) is 0 Å². The van der Waals surface area contributed by atoms with Crippen molar-refractivity contribution in [2.45, 2.75) is 26.4 Å². The molecule has 20 heavy (non-hydrogen) atoms. The lowest BCUT2D eigenvalue weighted by atomic mass is 10.2. The van der Waals surface area contributed by atoms with Crippen molar-refractivity contribution in [2.24, 2.45) is 10.8 Å². The molecule has 5 heteroatoms. The van der Waals surface area contributed by atoms with Crippen molar-refractivity contribution in [1.29, 1.82) is 0 Å². The van der Waals surface area contributed by atoms with Gasteiger partial charge in [0.15, 0.2) is 5.84 Å². The first-order valence-electron chi connectivity index (χ1n) is 6.58. The van der Waals surface area contributed by atoms with Crippen LogP contribution in [0.4, 0.5) is 0 Å². The molecule has 1 aliphatic heterocycles. The fourth-order valence-electron chi connectivity index (χ4n) is 1.74. The Bertz CT molecular complexity index is 488. The zero-order chi connectivity index (χ0) is 15.1. The molecule has 1 aliphatic rings. The maximum Gasteiger partial charge on any atom is 0.270 e. The van der Waals surface area contributed by atoms with Crippen molar-refractivity contribution in [3.05, 3.63) is 48.7 Å². The second-order valence-electron chi connectivity index (χ2n) is 4.43. The molecule has 5 nitrogen and oxygen atoms in total. The zero-order valence-corrected chi connectivity index (χ0v) is 12.3. The van der Waals surface area contributed by atoms with Crippen LogP contribution in [-0.2, 0) is 4.79 Å². The van der Waals surface area contributed by atoms with Crippen molar-refractivity contribution in [3.8, 4) is 0 Å². The number of amides is 1. The highest BCUT2D eigenvalue weighted by molar-refractivity contribution is 6.03. The first kappa shape index (κ1) is 15.8. The standard InChI is InChI=1S/C15H22N4O/c1-5-6-7-8-9-12(2)15-17-19(13(3)18(15)4)14(20)10-11-16/h6-11,13H,2,5,16H2,1,3-4H3/b7-6-,9-8-,11-10-. The molecule has 0 fully saturated rings. The third-order valence-corrected chi connectivity index (χ3v) is 2.98. The molecule has 108 valence electrons. The number of hydrazone groups is 1. The summed E-state index contributed by atoms with van der Waals surface area (Å²) in [6, 6.07) is 0. The minimum atomic E-state index is -0.246. The number of carbonyl (C=O) groups is 1. The third kappa shape index (κ3) is 3.60. The van der Waals surface area contributed by atoms with Gasteiger partial charge < -0.3 is 10.6 Å². The summed E-state index contributed by atoms with van der Waals surface area (Å²) in [7, 11) is 1.88. The number of hydrogen-bond acceptors (Lipinski definition) is 4. The number of likely N-dealkylation sites (N-methyl/N-ethyl adjacent to an activating group) is 1. The summed E-state index contributed by atoms with van der Waals surface area (Å²) < 4.78 is 0. The van der Waals surface area contributed by atoms with Gasteiger partial charge in [0, 0.05) is 18.7 Å². The summed E-state index contributed by atoms with van der Waals surface area (Å²) >= 11 is 0. The van der Waals surface area contributed by atoms with E-state index >= 15 is 0 Å². The quantitative estimate of drug-likeness (QED) is 0.616. The van der Waals surface area contributed by atoms with Gasteiger partial charge in [-0.05, 0) is 19.5 Å². The molecule has 1 heterocycles. The Morgan fingerprint density at radius 3 is 2.75 bits per heavy atom. The lowest BCUT2D eigenvalue weighted by Gasteiger charge is -2.23. The summed E-state index contributed by atoms with van der Waals surface area (Å²) in [5, 5.41) is 5.70. The Morgan fingerprint density at radius 1 is 1.45 bits per heavy atom. The van der Waals surface area contributed by atoms with Crippen LogP contribution >= 0.6 is 0 Å². The van der Waals surface area contributed by atoms with Gasteiger partial charge in [-0.2, -0.15) is 0 Å². The van der Waals surface area contributed by atoms with Crippen LogP contribution in [0.2, 0.25) is 0 Å². The molecule has 2 N–H and O–H groups in total. The summed E-state index contributed by atoms with van der Waals surface area (Å²) in [5.74, 6) is 0.432. The van der Waals surface area contributed by atoms with E-state index in [2.05, 4.69) is 24.7 Å². The molecule has 0 spiro atoms. The SMILES string of the molecule is C=C(/C=C\C=C/CC)C1=NN(C(=O)/C=C\N)C(C)N1C. The smallest absolute Gasteiger partial charge is 0.270 e. The van der Waals surface area contributed by atoms with Crippen LogP contribution in [0.5, 0.6) is 0 Å². The molecule has 0 saturated heterocycles. The van der Waals surface area contributed by atoms with Gasteiger partial charge >= 0.3 is 0 Å². The van der Waals surface area contributed by atoms with Gasteiger partial charge in [0.05, 0.1) is 0 Å². The van der Waals surface area contributed by atoms with Crippen LogP contribution in [0.3, 0.4) is 0 Å². The van der Waals surface area contributed by atoms with E-state index in [1.165, 1.54) is 17.3 Å². The number of nitrogens with two attached hydrogens (primary N) is 1. The lowest BCUT2D eigenvalue weighted by Crippen LogP contribution is -2.39. The summed E-state index contributed by atoms with van der Waals surface area (Å²) in [6.07, 6.45) is 11.1. The maximum atomic E-state index is 11.8.